The van der Waals surface area contributed by atoms with E-state index in [9.17, 15) is 4.21 Å². The van der Waals surface area contributed by atoms with E-state index in [0.29, 0.717) is 6.04 Å². The molecule has 0 fully saturated rings. The number of hydrogen-bond acceptors (Lipinski definition) is 2. The van der Waals surface area contributed by atoms with E-state index < -0.39 is 10.8 Å². The van der Waals surface area contributed by atoms with Gasteiger partial charge in [0.2, 0.25) is 0 Å². The maximum Gasteiger partial charge on any atom is 0.0235 e. The van der Waals surface area contributed by atoms with Crippen LogP contribution < -0.4 is 5.32 Å². The molecule has 0 amide bonds. The van der Waals surface area contributed by atoms with Crippen molar-refractivity contribution in [3.63, 3.8) is 0 Å². The number of nitrogens with one attached hydrogen (secondary N) is 1. The maximum absolute atomic E-state index is 11.3. The zero-order valence-electron chi connectivity index (χ0n) is 9.14. The highest BCUT2D eigenvalue weighted by atomic mass is 32.2. The summed E-state index contributed by atoms with van der Waals surface area (Å²) in [5, 5.41) is 3.35. The Balaban J connectivity index is 3.28. The molecule has 13 heavy (non-hydrogen) atoms. The SMILES string of the molecule is CCCS(=O)CCCC(C)NCC. The largest absolute Gasteiger partial charge is 0.315 e. The van der Waals surface area contributed by atoms with Crippen LogP contribution >= 0.6 is 0 Å². The van der Waals surface area contributed by atoms with Crippen molar-refractivity contribution in [3.05, 3.63) is 0 Å². The van der Waals surface area contributed by atoms with Gasteiger partial charge in [-0.2, -0.15) is 0 Å². The van der Waals surface area contributed by atoms with E-state index in [1.54, 1.807) is 0 Å². The van der Waals surface area contributed by atoms with Crippen molar-refractivity contribution in [1.29, 1.82) is 0 Å². The second-order valence-electron chi connectivity index (χ2n) is 3.45. The minimum absolute atomic E-state index is 0.568. The van der Waals surface area contributed by atoms with Crippen LogP contribution in [0, 0.1) is 0 Å². The van der Waals surface area contributed by atoms with Gasteiger partial charge in [0.25, 0.3) is 0 Å². The first-order chi connectivity index (χ1) is 6.20. The Morgan fingerprint density at radius 2 is 2.00 bits per heavy atom. The van der Waals surface area contributed by atoms with Gasteiger partial charge in [-0.3, -0.25) is 4.21 Å². The van der Waals surface area contributed by atoms with Crippen molar-refractivity contribution in [2.45, 2.75) is 46.1 Å². The van der Waals surface area contributed by atoms with Gasteiger partial charge in [-0.25, -0.2) is 0 Å². The first kappa shape index (κ1) is 13.1. The average molecular weight is 205 g/mol. The van der Waals surface area contributed by atoms with Crippen LogP contribution in [0.2, 0.25) is 0 Å². The van der Waals surface area contributed by atoms with Crippen LogP contribution in [0.1, 0.15) is 40.0 Å². The highest BCUT2D eigenvalue weighted by Crippen LogP contribution is 1.99. The first-order valence-corrected chi connectivity index (χ1v) is 6.77. The fourth-order valence-electron chi connectivity index (χ4n) is 1.33. The number of hydrogen-bond donors (Lipinski definition) is 1. The monoisotopic (exact) mass is 205 g/mol. The summed E-state index contributed by atoms with van der Waals surface area (Å²) in [6.07, 6.45) is 3.26. The second-order valence-corrected chi connectivity index (χ2v) is 5.15. The lowest BCUT2D eigenvalue weighted by molar-refractivity contribution is 0.525. The van der Waals surface area contributed by atoms with E-state index in [1.165, 1.54) is 0 Å². The molecule has 0 saturated heterocycles. The van der Waals surface area contributed by atoms with Gasteiger partial charge in [0.05, 0.1) is 0 Å². The van der Waals surface area contributed by atoms with Gasteiger partial charge in [0, 0.05) is 28.3 Å². The molecule has 0 bridgehead atoms. The zero-order chi connectivity index (χ0) is 10.1. The fourth-order valence-corrected chi connectivity index (χ4v) is 2.48. The molecule has 0 aromatic carbocycles. The van der Waals surface area contributed by atoms with Gasteiger partial charge >= 0.3 is 0 Å². The van der Waals surface area contributed by atoms with Crippen molar-refractivity contribution in [2.75, 3.05) is 18.1 Å². The molecule has 0 aliphatic carbocycles. The van der Waals surface area contributed by atoms with Crippen molar-refractivity contribution in [1.82, 2.24) is 5.32 Å². The predicted molar refractivity (Wildman–Crippen MR) is 60.5 cm³/mol. The Morgan fingerprint density at radius 1 is 1.31 bits per heavy atom. The third kappa shape index (κ3) is 8.44. The summed E-state index contributed by atoms with van der Waals surface area (Å²) in [5.74, 6) is 1.75. The van der Waals surface area contributed by atoms with E-state index in [2.05, 4.69) is 26.1 Å². The summed E-state index contributed by atoms with van der Waals surface area (Å²) in [7, 11) is -0.568. The Bertz CT molecular complexity index is 139. The van der Waals surface area contributed by atoms with E-state index in [4.69, 9.17) is 0 Å². The van der Waals surface area contributed by atoms with Gasteiger partial charge in [-0.15, -0.1) is 0 Å². The van der Waals surface area contributed by atoms with Crippen LogP contribution in [0.4, 0.5) is 0 Å². The molecular formula is C10H23NOS. The summed E-state index contributed by atoms with van der Waals surface area (Å²) in [5.41, 5.74) is 0. The summed E-state index contributed by atoms with van der Waals surface area (Å²) < 4.78 is 11.3. The van der Waals surface area contributed by atoms with E-state index in [0.717, 1.165) is 37.3 Å². The quantitative estimate of drug-likeness (QED) is 0.656. The molecule has 0 saturated carbocycles. The number of rotatable bonds is 8. The molecule has 0 radical (unpaired) electrons. The zero-order valence-corrected chi connectivity index (χ0v) is 9.95. The molecule has 0 spiro atoms. The molecular weight excluding hydrogens is 182 g/mol. The van der Waals surface area contributed by atoms with Crippen LogP contribution in [-0.2, 0) is 10.8 Å². The molecule has 2 nitrogen and oxygen atoms in total. The molecule has 0 aliphatic rings. The van der Waals surface area contributed by atoms with Gasteiger partial charge in [0.15, 0.2) is 0 Å². The van der Waals surface area contributed by atoms with Crippen LogP contribution in [0.15, 0.2) is 0 Å². The van der Waals surface area contributed by atoms with Gasteiger partial charge in [0.1, 0.15) is 0 Å². The van der Waals surface area contributed by atoms with Crippen molar-refractivity contribution >= 4 is 10.8 Å². The summed E-state index contributed by atoms with van der Waals surface area (Å²) in [4.78, 5) is 0. The Morgan fingerprint density at radius 3 is 2.54 bits per heavy atom. The minimum Gasteiger partial charge on any atom is -0.315 e. The fraction of sp³-hybridized carbons (Fsp3) is 1.00. The van der Waals surface area contributed by atoms with E-state index in [1.807, 2.05) is 0 Å². The topological polar surface area (TPSA) is 29.1 Å². The lowest BCUT2D eigenvalue weighted by atomic mass is 10.2. The van der Waals surface area contributed by atoms with Crippen LogP contribution in [0.3, 0.4) is 0 Å². The van der Waals surface area contributed by atoms with Crippen molar-refractivity contribution < 1.29 is 4.21 Å². The first-order valence-electron chi connectivity index (χ1n) is 5.29. The molecule has 0 aromatic heterocycles. The molecule has 0 aliphatic heterocycles. The highest BCUT2D eigenvalue weighted by Gasteiger charge is 2.01. The van der Waals surface area contributed by atoms with Crippen molar-refractivity contribution in [2.24, 2.45) is 0 Å². The van der Waals surface area contributed by atoms with Crippen molar-refractivity contribution in [3.8, 4) is 0 Å². The molecule has 2 atom stereocenters. The highest BCUT2D eigenvalue weighted by molar-refractivity contribution is 7.84. The molecule has 0 heterocycles. The smallest absolute Gasteiger partial charge is 0.0235 e. The molecule has 0 rings (SSSR count). The summed E-state index contributed by atoms with van der Waals surface area (Å²) in [6.45, 7) is 7.41. The third-order valence-electron chi connectivity index (χ3n) is 1.99. The molecule has 80 valence electrons. The lowest BCUT2D eigenvalue weighted by Gasteiger charge is -2.11. The molecule has 3 heteroatoms. The van der Waals surface area contributed by atoms with Gasteiger partial charge in [-0.1, -0.05) is 13.8 Å². The molecule has 1 N–H and O–H groups in total. The summed E-state index contributed by atoms with van der Waals surface area (Å²) >= 11 is 0. The Hall–Kier alpha value is 0.110. The predicted octanol–water partition coefficient (Wildman–Crippen LogP) is 1.92. The molecule has 0 aromatic rings. The maximum atomic E-state index is 11.3. The van der Waals surface area contributed by atoms with Crippen LogP contribution in [-0.4, -0.2) is 28.3 Å². The summed E-state index contributed by atoms with van der Waals surface area (Å²) in [6, 6.07) is 0.573. The molecule has 2 unspecified atom stereocenters. The lowest BCUT2D eigenvalue weighted by Crippen LogP contribution is -2.25. The van der Waals surface area contributed by atoms with Crippen LogP contribution in [0.25, 0.3) is 0 Å². The van der Waals surface area contributed by atoms with Crippen LogP contribution in [0.5, 0.6) is 0 Å². The third-order valence-corrected chi connectivity index (χ3v) is 3.60. The Labute approximate surface area is 84.9 Å². The van der Waals surface area contributed by atoms with Gasteiger partial charge < -0.3 is 5.32 Å². The minimum atomic E-state index is -0.568. The second kappa shape index (κ2) is 8.70. The Kier molecular flexibility index (Phi) is 8.77. The normalized spacial score (nSPS) is 15.6. The average Bonchev–Trinajstić information content (AvgIpc) is 2.05. The van der Waals surface area contributed by atoms with E-state index in [-0.39, 0.29) is 0 Å². The van der Waals surface area contributed by atoms with E-state index >= 15 is 0 Å². The van der Waals surface area contributed by atoms with Gasteiger partial charge in [-0.05, 0) is 32.7 Å². The standard InChI is InChI=1S/C10H23NOS/c1-4-8-13(12)9-6-7-10(3)11-5-2/h10-11H,4-9H2,1-3H3.